The van der Waals surface area contributed by atoms with Crippen molar-refractivity contribution in [3.8, 4) is 0 Å². The van der Waals surface area contributed by atoms with Gasteiger partial charge in [0.2, 0.25) is 0 Å². The highest BCUT2D eigenvalue weighted by atomic mass is 79.9. The van der Waals surface area contributed by atoms with Gasteiger partial charge in [0.05, 0.1) is 12.3 Å². The highest BCUT2D eigenvalue weighted by Gasteiger charge is 2.10. The number of hydrogen-bond donors (Lipinski definition) is 2. The Morgan fingerprint density at radius 3 is 2.76 bits per heavy atom. The summed E-state index contributed by atoms with van der Waals surface area (Å²) in [5.74, 6) is 0.274. The number of ether oxygens (including phenoxy) is 1. The normalized spacial score (nSPS) is 11.5. The lowest BCUT2D eigenvalue weighted by Crippen LogP contribution is -2.32. The van der Waals surface area contributed by atoms with Crippen LogP contribution in [0.5, 0.6) is 0 Å². The maximum absolute atomic E-state index is 11.5. The van der Waals surface area contributed by atoms with Gasteiger partial charge in [0.25, 0.3) is 10.2 Å². The quantitative estimate of drug-likeness (QED) is 0.767. The molecule has 1 rings (SSSR count). The van der Waals surface area contributed by atoms with Crippen LogP contribution < -0.4 is 9.44 Å². The zero-order chi connectivity index (χ0) is 12.9. The lowest BCUT2D eigenvalue weighted by Gasteiger charge is -2.09. The summed E-state index contributed by atoms with van der Waals surface area (Å²) < 4.78 is 33.3. The lowest BCUT2D eigenvalue weighted by molar-refractivity contribution is 0.204. The predicted octanol–water partition coefficient (Wildman–Crippen LogP) is 1.05. The highest BCUT2D eigenvalue weighted by molar-refractivity contribution is 9.10. The molecule has 17 heavy (non-hydrogen) atoms. The van der Waals surface area contributed by atoms with Crippen LogP contribution in [0.1, 0.15) is 5.69 Å². The van der Waals surface area contributed by atoms with E-state index in [0.717, 1.165) is 4.47 Å². The van der Waals surface area contributed by atoms with Crippen LogP contribution in [0, 0.1) is 6.92 Å². The Hall–Kier alpha value is -0.700. The van der Waals surface area contributed by atoms with Gasteiger partial charge in [-0.3, -0.25) is 4.72 Å². The number of nitrogens with one attached hydrogen (secondary N) is 2. The van der Waals surface area contributed by atoms with Crippen molar-refractivity contribution in [1.29, 1.82) is 0 Å². The maximum Gasteiger partial charge on any atom is 0.300 e. The molecule has 8 heteroatoms. The molecule has 0 fully saturated rings. The van der Waals surface area contributed by atoms with Crippen molar-refractivity contribution in [2.24, 2.45) is 0 Å². The van der Waals surface area contributed by atoms with Crippen LogP contribution >= 0.6 is 15.9 Å². The van der Waals surface area contributed by atoms with E-state index in [1.165, 1.54) is 7.11 Å². The monoisotopic (exact) mass is 323 g/mol. The number of rotatable bonds is 6. The number of anilines is 1. The largest absolute Gasteiger partial charge is 0.383 e. The summed E-state index contributed by atoms with van der Waals surface area (Å²) in [6.45, 7) is 2.30. The number of nitrogens with zero attached hydrogens (tertiary/aromatic N) is 1. The average molecular weight is 324 g/mol. The van der Waals surface area contributed by atoms with Crippen molar-refractivity contribution in [3.63, 3.8) is 0 Å². The fraction of sp³-hybridized carbons (Fsp3) is 0.444. The molecule has 0 bridgehead atoms. The average Bonchev–Trinajstić information content (AvgIpc) is 2.23. The molecule has 2 N–H and O–H groups in total. The molecule has 0 atom stereocenters. The van der Waals surface area contributed by atoms with Crippen molar-refractivity contribution in [2.75, 3.05) is 25.0 Å². The smallest absolute Gasteiger partial charge is 0.300 e. The van der Waals surface area contributed by atoms with Gasteiger partial charge in [0.1, 0.15) is 5.82 Å². The van der Waals surface area contributed by atoms with E-state index in [1.54, 1.807) is 19.1 Å². The van der Waals surface area contributed by atoms with Crippen molar-refractivity contribution in [3.05, 3.63) is 22.3 Å². The number of aryl methyl sites for hydroxylation is 1. The zero-order valence-corrected chi connectivity index (χ0v) is 11.9. The van der Waals surface area contributed by atoms with E-state index >= 15 is 0 Å². The zero-order valence-electron chi connectivity index (χ0n) is 9.53. The molecule has 1 heterocycles. The first-order valence-corrected chi connectivity index (χ1v) is 7.12. The van der Waals surface area contributed by atoms with E-state index in [0.29, 0.717) is 12.3 Å². The molecule has 1 aromatic rings. The molecule has 0 unspecified atom stereocenters. The second-order valence-corrected chi connectivity index (χ2v) is 5.61. The molecule has 96 valence electrons. The highest BCUT2D eigenvalue weighted by Crippen LogP contribution is 2.16. The van der Waals surface area contributed by atoms with Crippen LogP contribution in [0.25, 0.3) is 0 Å². The summed E-state index contributed by atoms with van der Waals surface area (Å²) in [5.41, 5.74) is 0.710. The Kier molecular flexibility index (Phi) is 5.31. The number of hydrogen-bond acceptors (Lipinski definition) is 4. The maximum atomic E-state index is 11.5. The Morgan fingerprint density at radius 1 is 1.47 bits per heavy atom. The Bertz CT molecular complexity index is 478. The third-order valence-corrected chi connectivity index (χ3v) is 3.76. The van der Waals surface area contributed by atoms with E-state index < -0.39 is 10.2 Å². The van der Waals surface area contributed by atoms with Crippen molar-refractivity contribution < 1.29 is 13.2 Å². The minimum atomic E-state index is -3.59. The molecule has 1 aromatic heterocycles. The minimum Gasteiger partial charge on any atom is -0.383 e. The molecule has 0 aliphatic carbocycles. The molecular weight excluding hydrogens is 310 g/mol. The summed E-state index contributed by atoms with van der Waals surface area (Å²) >= 11 is 3.29. The molecule has 0 aliphatic rings. The number of pyridine rings is 1. The summed E-state index contributed by atoms with van der Waals surface area (Å²) in [6.07, 6.45) is 0. The van der Waals surface area contributed by atoms with Gasteiger partial charge in [-0.05, 0) is 35.0 Å². The van der Waals surface area contributed by atoms with Gasteiger partial charge in [0.15, 0.2) is 0 Å². The summed E-state index contributed by atoms with van der Waals surface area (Å²) in [4.78, 5) is 4.08. The first kappa shape index (κ1) is 14.4. The summed E-state index contributed by atoms with van der Waals surface area (Å²) in [5, 5.41) is 0. The van der Waals surface area contributed by atoms with Gasteiger partial charge in [-0.25, -0.2) is 4.98 Å². The van der Waals surface area contributed by atoms with Gasteiger partial charge in [-0.15, -0.1) is 0 Å². The number of aromatic nitrogens is 1. The second kappa shape index (κ2) is 6.29. The standard InChI is InChI=1S/C9H14BrN3O3S/c1-7-8(10)3-4-9(12-7)13-17(14,15)11-5-6-16-2/h3-4,11H,5-6H2,1-2H3,(H,12,13). The number of halogens is 1. The molecule has 0 saturated heterocycles. The van der Waals surface area contributed by atoms with E-state index in [1.807, 2.05) is 0 Å². The molecule has 6 nitrogen and oxygen atoms in total. The van der Waals surface area contributed by atoms with Crippen LogP contribution in [-0.4, -0.2) is 33.7 Å². The first-order valence-electron chi connectivity index (χ1n) is 4.84. The van der Waals surface area contributed by atoms with E-state index in [9.17, 15) is 8.42 Å². The molecular formula is C9H14BrN3O3S. The van der Waals surface area contributed by atoms with Crippen molar-refractivity contribution in [2.45, 2.75) is 6.92 Å². The number of methoxy groups -OCH3 is 1. The van der Waals surface area contributed by atoms with Crippen LogP contribution in [-0.2, 0) is 14.9 Å². The van der Waals surface area contributed by atoms with E-state index in [2.05, 4.69) is 30.4 Å². The van der Waals surface area contributed by atoms with Crippen LogP contribution in [0.15, 0.2) is 16.6 Å². The van der Waals surface area contributed by atoms with E-state index in [4.69, 9.17) is 4.74 Å². The third kappa shape index (κ3) is 4.99. The van der Waals surface area contributed by atoms with Crippen LogP contribution in [0.3, 0.4) is 0 Å². The van der Waals surface area contributed by atoms with Crippen LogP contribution in [0.2, 0.25) is 0 Å². The lowest BCUT2D eigenvalue weighted by atomic mass is 10.4. The summed E-state index contributed by atoms with van der Waals surface area (Å²) in [6, 6.07) is 3.31. The van der Waals surface area contributed by atoms with Gasteiger partial charge in [0, 0.05) is 18.1 Å². The third-order valence-electron chi connectivity index (χ3n) is 1.86. The minimum absolute atomic E-state index is 0.210. The first-order chi connectivity index (χ1) is 7.94. The Labute approximate surface area is 109 Å². The molecule has 0 spiro atoms. The van der Waals surface area contributed by atoms with Gasteiger partial charge in [-0.1, -0.05) is 0 Å². The predicted molar refractivity (Wildman–Crippen MR) is 69.1 cm³/mol. The van der Waals surface area contributed by atoms with Crippen molar-refractivity contribution >= 4 is 32.0 Å². The fourth-order valence-electron chi connectivity index (χ4n) is 1.05. The molecule has 0 radical (unpaired) electrons. The van der Waals surface area contributed by atoms with E-state index in [-0.39, 0.29) is 12.4 Å². The van der Waals surface area contributed by atoms with Gasteiger partial charge >= 0.3 is 0 Å². The molecule has 0 amide bonds. The second-order valence-electron chi connectivity index (χ2n) is 3.26. The van der Waals surface area contributed by atoms with Crippen molar-refractivity contribution in [1.82, 2.24) is 9.71 Å². The molecule has 0 saturated carbocycles. The fourth-order valence-corrected chi connectivity index (χ4v) is 2.09. The molecule has 0 aliphatic heterocycles. The Morgan fingerprint density at radius 2 is 2.18 bits per heavy atom. The Balaban J connectivity index is 2.66. The van der Waals surface area contributed by atoms with Gasteiger partial charge < -0.3 is 4.74 Å². The SMILES string of the molecule is COCCNS(=O)(=O)Nc1ccc(Br)c(C)n1. The van der Waals surface area contributed by atoms with Gasteiger partial charge in [-0.2, -0.15) is 13.1 Å². The molecule has 0 aromatic carbocycles. The summed E-state index contributed by atoms with van der Waals surface area (Å²) in [7, 11) is -2.09. The van der Waals surface area contributed by atoms with Crippen LogP contribution in [0.4, 0.5) is 5.82 Å². The topological polar surface area (TPSA) is 80.3 Å².